The highest BCUT2D eigenvalue weighted by Gasteiger charge is 2.18. The summed E-state index contributed by atoms with van der Waals surface area (Å²) in [4.78, 5) is 24.6. The minimum atomic E-state index is -0.850. The van der Waals surface area contributed by atoms with Crippen molar-refractivity contribution >= 4 is 11.9 Å². The van der Waals surface area contributed by atoms with E-state index in [0.29, 0.717) is 19.4 Å². The van der Waals surface area contributed by atoms with Gasteiger partial charge >= 0.3 is 5.97 Å². The van der Waals surface area contributed by atoms with E-state index in [0.717, 1.165) is 44.9 Å². The van der Waals surface area contributed by atoms with E-state index >= 15 is 0 Å². The maximum absolute atomic E-state index is 12.5. The van der Waals surface area contributed by atoms with Gasteiger partial charge in [0, 0.05) is 12.8 Å². The monoisotopic (exact) mass is 1040 g/mol. The summed E-state index contributed by atoms with van der Waals surface area (Å²) >= 11 is 0. The van der Waals surface area contributed by atoms with Crippen LogP contribution < -0.4 is 5.32 Å². The first-order valence-electron chi connectivity index (χ1n) is 33.6. The van der Waals surface area contributed by atoms with Crippen molar-refractivity contribution in [1.82, 2.24) is 5.32 Å². The molecule has 0 heterocycles. The summed E-state index contributed by atoms with van der Waals surface area (Å²) in [5.74, 6) is -0.0713. The predicted molar refractivity (Wildman–Crippen MR) is 324 cm³/mol. The number of hydrogen-bond donors (Lipinski definition) is 3. The first-order chi connectivity index (χ1) is 36.5. The minimum absolute atomic E-state index is 0.00196. The highest BCUT2D eigenvalue weighted by atomic mass is 16.5. The van der Waals surface area contributed by atoms with Crippen molar-refractivity contribution in [3.63, 3.8) is 0 Å². The van der Waals surface area contributed by atoms with E-state index in [1.54, 1.807) is 6.08 Å². The van der Waals surface area contributed by atoms with Crippen LogP contribution in [0.2, 0.25) is 0 Å². The van der Waals surface area contributed by atoms with Crippen molar-refractivity contribution < 1.29 is 24.5 Å². The molecule has 6 nitrogen and oxygen atoms in total. The summed E-state index contributed by atoms with van der Waals surface area (Å²) in [6.07, 6.45) is 79.4. The van der Waals surface area contributed by atoms with Gasteiger partial charge in [-0.3, -0.25) is 9.59 Å². The van der Waals surface area contributed by atoms with Crippen LogP contribution in [0.5, 0.6) is 0 Å². The van der Waals surface area contributed by atoms with Crippen molar-refractivity contribution in [2.75, 3.05) is 13.2 Å². The van der Waals surface area contributed by atoms with Crippen LogP contribution in [0, 0.1) is 0 Å². The highest BCUT2D eigenvalue weighted by molar-refractivity contribution is 5.76. The molecule has 2 atom stereocenters. The molecule has 0 aliphatic heterocycles. The molecule has 0 bridgehead atoms. The lowest BCUT2D eigenvalue weighted by molar-refractivity contribution is -0.143. The Labute approximate surface area is 462 Å². The fourth-order valence-corrected chi connectivity index (χ4v) is 10.6. The number of aliphatic hydroxyl groups excluding tert-OH is 2. The molecule has 0 rings (SSSR count). The molecule has 0 saturated heterocycles. The van der Waals surface area contributed by atoms with Crippen LogP contribution in [0.25, 0.3) is 0 Å². The molecular formula is C68H131NO5. The molecule has 1 amide bonds. The normalized spacial score (nSPS) is 12.6. The van der Waals surface area contributed by atoms with Crippen LogP contribution in [0.3, 0.4) is 0 Å². The largest absolute Gasteiger partial charge is 0.466 e. The molecule has 0 saturated carbocycles. The number of ether oxygens (including phenoxy) is 1. The van der Waals surface area contributed by atoms with Crippen LogP contribution in [0.1, 0.15) is 373 Å². The summed E-state index contributed by atoms with van der Waals surface area (Å²) in [6.45, 7) is 4.92. The second-order valence-electron chi connectivity index (χ2n) is 23.2. The number of aliphatic hydroxyl groups is 2. The molecule has 0 aliphatic carbocycles. The van der Waals surface area contributed by atoms with Gasteiger partial charge < -0.3 is 20.3 Å². The van der Waals surface area contributed by atoms with E-state index < -0.39 is 12.1 Å². The van der Waals surface area contributed by atoms with Crippen LogP contribution in [-0.4, -0.2) is 47.4 Å². The molecule has 0 aromatic carbocycles. The van der Waals surface area contributed by atoms with E-state index in [1.165, 1.54) is 302 Å². The lowest BCUT2D eigenvalue weighted by Gasteiger charge is -2.20. The molecule has 74 heavy (non-hydrogen) atoms. The first-order valence-corrected chi connectivity index (χ1v) is 33.6. The Kier molecular flexibility index (Phi) is 62.4. The van der Waals surface area contributed by atoms with Gasteiger partial charge in [0.2, 0.25) is 5.91 Å². The van der Waals surface area contributed by atoms with Gasteiger partial charge in [0.25, 0.3) is 0 Å². The maximum atomic E-state index is 12.5. The zero-order chi connectivity index (χ0) is 53.6. The lowest BCUT2D eigenvalue weighted by Crippen LogP contribution is -2.45. The summed E-state index contributed by atoms with van der Waals surface area (Å²) in [5, 5.41) is 23.3. The second-order valence-corrected chi connectivity index (χ2v) is 23.2. The molecule has 0 fully saturated rings. The first kappa shape index (κ1) is 72.3. The van der Waals surface area contributed by atoms with E-state index in [-0.39, 0.29) is 18.5 Å². The molecule has 438 valence electrons. The lowest BCUT2D eigenvalue weighted by atomic mass is 10.0. The van der Waals surface area contributed by atoms with Crippen molar-refractivity contribution in [1.29, 1.82) is 0 Å². The predicted octanol–water partition coefficient (Wildman–Crippen LogP) is 21.4. The van der Waals surface area contributed by atoms with Gasteiger partial charge in [-0.05, 0) is 57.8 Å². The van der Waals surface area contributed by atoms with Gasteiger partial charge in [-0.25, -0.2) is 0 Å². The maximum Gasteiger partial charge on any atom is 0.305 e. The number of unbranched alkanes of at least 4 members (excludes halogenated alkanes) is 50. The fourth-order valence-electron chi connectivity index (χ4n) is 10.6. The van der Waals surface area contributed by atoms with Crippen molar-refractivity contribution in [2.24, 2.45) is 0 Å². The third-order valence-corrected chi connectivity index (χ3v) is 15.7. The quantitative estimate of drug-likeness (QED) is 0.0320. The van der Waals surface area contributed by atoms with Crippen LogP contribution in [0.4, 0.5) is 0 Å². The topological polar surface area (TPSA) is 95.9 Å². The van der Waals surface area contributed by atoms with E-state index in [2.05, 4.69) is 31.3 Å². The van der Waals surface area contributed by atoms with Crippen molar-refractivity contribution in [2.45, 2.75) is 386 Å². The number of rotatable bonds is 63. The molecule has 2 unspecified atom stereocenters. The van der Waals surface area contributed by atoms with Gasteiger partial charge in [0.05, 0.1) is 25.4 Å². The van der Waals surface area contributed by atoms with Crippen LogP contribution in [0.15, 0.2) is 24.3 Å². The minimum Gasteiger partial charge on any atom is -0.466 e. The Bertz CT molecular complexity index is 1150. The van der Waals surface area contributed by atoms with Gasteiger partial charge in [0.1, 0.15) is 0 Å². The molecule has 0 aromatic rings. The average Bonchev–Trinajstić information content (AvgIpc) is 3.40. The highest BCUT2D eigenvalue weighted by Crippen LogP contribution is 2.18. The molecule has 6 heteroatoms. The number of nitrogens with one attached hydrogen (secondary N) is 1. The Morgan fingerprint density at radius 2 is 0.635 bits per heavy atom. The average molecular weight is 1040 g/mol. The second kappa shape index (κ2) is 63.9. The van der Waals surface area contributed by atoms with Gasteiger partial charge in [-0.15, -0.1) is 0 Å². The zero-order valence-electron chi connectivity index (χ0n) is 50.1. The van der Waals surface area contributed by atoms with Crippen molar-refractivity contribution in [3.8, 4) is 0 Å². The summed E-state index contributed by atoms with van der Waals surface area (Å²) < 4.78 is 5.49. The molecule has 0 aliphatic rings. The van der Waals surface area contributed by atoms with Gasteiger partial charge in [0.15, 0.2) is 0 Å². The number of esters is 1. The number of amides is 1. The number of carbonyl (C=O) groups is 2. The Morgan fingerprint density at radius 1 is 0.365 bits per heavy atom. The third-order valence-electron chi connectivity index (χ3n) is 15.7. The number of carbonyl (C=O) groups excluding carboxylic acids is 2. The van der Waals surface area contributed by atoms with Gasteiger partial charge in [-0.1, -0.05) is 327 Å². The molecular weight excluding hydrogens is 911 g/mol. The molecule has 0 aromatic heterocycles. The van der Waals surface area contributed by atoms with E-state index in [9.17, 15) is 19.8 Å². The molecule has 0 spiro atoms. The number of hydrogen-bond acceptors (Lipinski definition) is 5. The third kappa shape index (κ3) is 59.6. The van der Waals surface area contributed by atoms with Crippen LogP contribution >= 0.6 is 0 Å². The molecule has 3 N–H and O–H groups in total. The van der Waals surface area contributed by atoms with Crippen LogP contribution in [-0.2, 0) is 14.3 Å². The zero-order valence-corrected chi connectivity index (χ0v) is 50.1. The standard InChI is InChI=1S/C68H131NO5/c1-3-5-7-9-11-13-15-17-19-21-22-23-24-25-26-27-29-32-36-40-44-48-52-56-60-66(71)65(64-70)69-67(72)61-57-53-49-45-41-37-33-30-28-31-35-39-43-47-51-55-59-63-74-68(73)62-58-54-50-46-42-38-34-20-18-16-14-12-10-8-6-4-2/h20,34,56,60,65-66,70-71H,3-19,21-33,35-55,57-59,61-64H2,1-2H3,(H,69,72)/b34-20-,60-56+. The Hall–Kier alpha value is -1.66. The van der Waals surface area contributed by atoms with E-state index in [1.807, 2.05) is 6.08 Å². The van der Waals surface area contributed by atoms with E-state index in [4.69, 9.17) is 4.74 Å². The summed E-state index contributed by atoms with van der Waals surface area (Å²) in [7, 11) is 0. The Balaban J connectivity index is 3.44. The smallest absolute Gasteiger partial charge is 0.305 e. The van der Waals surface area contributed by atoms with Gasteiger partial charge in [-0.2, -0.15) is 0 Å². The molecule has 0 radical (unpaired) electrons. The number of allylic oxidation sites excluding steroid dienone is 3. The fraction of sp³-hybridized carbons (Fsp3) is 0.912. The summed E-state index contributed by atoms with van der Waals surface area (Å²) in [5.41, 5.74) is 0. The van der Waals surface area contributed by atoms with Crippen molar-refractivity contribution in [3.05, 3.63) is 24.3 Å². The SMILES string of the molecule is CCCCCCCCC/C=C\CCCCCCCC(=O)OCCCCCCCCCCCCCCCCCCCC(=O)NC(CO)C(O)/C=C/CCCCCCCCCCCCCCCCCCCCCCCC. The summed E-state index contributed by atoms with van der Waals surface area (Å²) in [6, 6.07) is -0.633. The Morgan fingerprint density at radius 3 is 0.959 bits per heavy atom.